The summed E-state index contributed by atoms with van der Waals surface area (Å²) < 4.78 is 18.1. The van der Waals surface area contributed by atoms with Gasteiger partial charge in [-0.2, -0.15) is 0 Å². The van der Waals surface area contributed by atoms with E-state index in [2.05, 4.69) is 12.2 Å². The fourth-order valence-corrected chi connectivity index (χ4v) is 1.88. The van der Waals surface area contributed by atoms with E-state index in [0.29, 0.717) is 6.61 Å². The van der Waals surface area contributed by atoms with Crippen molar-refractivity contribution in [1.82, 2.24) is 5.32 Å². The van der Waals surface area contributed by atoms with Crippen LogP contribution in [-0.2, 0) is 4.74 Å². The number of ether oxygens (including phenoxy) is 1. The Labute approximate surface area is 96.8 Å². The molecule has 0 aromatic heterocycles. The van der Waals surface area contributed by atoms with Crippen LogP contribution in [0.4, 0.5) is 4.39 Å². The predicted molar refractivity (Wildman–Crippen MR) is 64.0 cm³/mol. The lowest BCUT2D eigenvalue weighted by Crippen LogP contribution is -2.23. The van der Waals surface area contributed by atoms with E-state index in [1.54, 1.807) is 13.2 Å². The highest BCUT2D eigenvalue weighted by atomic mass is 19.1. The lowest BCUT2D eigenvalue weighted by atomic mass is 9.99. The van der Waals surface area contributed by atoms with Crippen LogP contribution in [-0.4, -0.2) is 20.3 Å². The van der Waals surface area contributed by atoms with Gasteiger partial charge in [-0.15, -0.1) is 0 Å². The van der Waals surface area contributed by atoms with Gasteiger partial charge >= 0.3 is 0 Å². The predicted octanol–water partition coefficient (Wildman–Crippen LogP) is 2.82. The van der Waals surface area contributed by atoms with E-state index in [1.807, 2.05) is 13.0 Å². The molecule has 0 aliphatic carbocycles. The van der Waals surface area contributed by atoms with Crippen molar-refractivity contribution in [2.45, 2.75) is 26.3 Å². The van der Waals surface area contributed by atoms with E-state index in [0.717, 1.165) is 24.1 Å². The van der Waals surface area contributed by atoms with E-state index >= 15 is 0 Å². The largest absolute Gasteiger partial charge is 0.385 e. The number of aryl methyl sites for hydroxylation is 1. The number of nitrogens with one attached hydrogen (secondary N) is 1. The third-order valence-corrected chi connectivity index (χ3v) is 2.67. The summed E-state index contributed by atoms with van der Waals surface area (Å²) in [6, 6.07) is 5.19. The van der Waals surface area contributed by atoms with Crippen molar-refractivity contribution < 1.29 is 9.13 Å². The third-order valence-electron chi connectivity index (χ3n) is 2.67. The molecule has 0 radical (unpaired) electrons. The molecule has 3 heteroatoms. The summed E-state index contributed by atoms with van der Waals surface area (Å²) >= 11 is 0. The van der Waals surface area contributed by atoms with Crippen molar-refractivity contribution in [2.24, 2.45) is 0 Å². The summed E-state index contributed by atoms with van der Waals surface area (Å²) in [5, 5.41) is 3.39. The molecule has 0 spiro atoms. The minimum absolute atomic E-state index is 0.178. The highest BCUT2D eigenvalue weighted by molar-refractivity contribution is 5.29. The van der Waals surface area contributed by atoms with Crippen LogP contribution in [0, 0.1) is 12.7 Å². The van der Waals surface area contributed by atoms with Gasteiger partial charge in [-0.3, -0.25) is 0 Å². The molecule has 1 aromatic carbocycles. The molecule has 1 unspecified atom stereocenters. The molecule has 0 aliphatic rings. The molecule has 0 aliphatic heterocycles. The first-order chi connectivity index (χ1) is 7.69. The van der Waals surface area contributed by atoms with E-state index in [9.17, 15) is 4.39 Å². The lowest BCUT2D eigenvalue weighted by molar-refractivity contribution is 0.183. The number of hydrogen-bond acceptors (Lipinski definition) is 2. The molecule has 90 valence electrons. The average molecular weight is 225 g/mol. The van der Waals surface area contributed by atoms with Crippen LogP contribution in [0.3, 0.4) is 0 Å². The Bertz CT molecular complexity index is 328. The zero-order valence-corrected chi connectivity index (χ0v) is 10.2. The fraction of sp³-hybridized carbons (Fsp3) is 0.538. The van der Waals surface area contributed by atoms with Crippen LogP contribution in [0.5, 0.6) is 0 Å². The standard InChI is InChI=1S/C13H20FNO/c1-4-15-13(7-8-16-3)12-6-5-11(14)9-10(12)2/h5-6,9,13,15H,4,7-8H2,1-3H3. The molecular weight excluding hydrogens is 205 g/mol. The monoisotopic (exact) mass is 225 g/mol. The van der Waals surface area contributed by atoms with E-state index in [-0.39, 0.29) is 11.9 Å². The van der Waals surface area contributed by atoms with Crippen LogP contribution < -0.4 is 5.32 Å². The highest BCUT2D eigenvalue weighted by Gasteiger charge is 2.12. The summed E-state index contributed by atoms with van der Waals surface area (Å²) in [4.78, 5) is 0. The SMILES string of the molecule is CCNC(CCOC)c1ccc(F)cc1C. The van der Waals surface area contributed by atoms with Gasteiger partial charge < -0.3 is 10.1 Å². The van der Waals surface area contributed by atoms with Crippen molar-refractivity contribution in [1.29, 1.82) is 0 Å². The smallest absolute Gasteiger partial charge is 0.123 e. The molecule has 0 heterocycles. The quantitative estimate of drug-likeness (QED) is 0.803. The zero-order chi connectivity index (χ0) is 12.0. The van der Waals surface area contributed by atoms with Crippen molar-refractivity contribution in [3.63, 3.8) is 0 Å². The van der Waals surface area contributed by atoms with Crippen LogP contribution in [0.1, 0.15) is 30.5 Å². The molecule has 0 amide bonds. The van der Waals surface area contributed by atoms with Gasteiger partial charge in [0.05, 0.1) is 0 Å². The topological polar surface area (TPSA) is 21.3 Å². The van der Waals surface area contributed by atoms with Gasteiger partial charge in [-0.1, -0.05) is 13.0 Å². The maximum Gasteiger partial charge on any atom is 0.123 e. The van der Waals surface area contributed by atoms with E-state index in [1.165, 1.54) is 6.07 Å². The molecule has 16 heavy (non-hydrogen) atoms. The lowest BCUT2D eigenvalue weighted by Gasteiger charge is -2.20. The van der Waals surface area contributed by atoms with Crippen molar-refractivity contribution in [3.05, 3.63) is 35.1 Å². The Morgan fingerprint density at radius 1 is 1.44 bits per heavy atom. The normalized spacial score (nSPS) is 12.8. The maximum absolute atomic E-state index is 13.0. The van der Waals surface area contributed by atoms with Gasteiger partial charge in [-0.25, -0.2) is 4.39 Å². The first-order valence-corrected chi connectivity index (χ1v) is 5.67. The van der Waals surface area contributed by atoms with Gasteiger partial charge in [0.1, 0.15) is 5.82 Å². The van der Waals surface area contributed by atoms with Gasteiger partial charge in [-0.05, 0) is 43.1 Å². The second-order valence-electron chi connectivity index (χ2n) is 3.89. The molecule has 0 saturated heterocycles. The molecule has 1 rings (SSSR count). The third kappa shape index (κ3) is 3.58. The van der Waals surface area contributed by atoms with Crippen LogP contribution in [0.25, 0.3) is 0 Å². The van der Waals surface area contributed by atoms with E-state index < -0.39 is 0 Å². The van der Waals surface area contributed by atoms with Gasteiger partial charge in [0.15, 0.2) is 0 Å². The van der Waals surface area contributed by atoms with Crippen molar-refractivity contribution >= 4 is 0 Å². The Morgan fingerprint density at radius 3 is 2.75 bits per heavy atom. The van der Waals surface area contributed by atoms with Gasteiger partial charge in [0.2, 0.25) is 0 Å². The Kier molecular flexibility index (Phi) is 5.43. The minimum atomic E-state index is -0.178. The van der Waals surface area contributed by atoms with Crippen molar-refractivity contribution in [3.8, 4) is 0 Å². The average Bonchev–Trinajstić information content (AvgIpc) is 2.25. The number of halogens is 1. The van der Waals surface area contributed by atoms with Gasteiger partial charge in [0, 0.05) is 19.8 Å². The molecule has 1 N–H and O–H groups in total. The summed E-state index contributed by atoms with van der Waals surface area (Å²) in [5.41, 5.74) is 2.14. The Morgan fingerprint density at radius 2 is 2.19 bits per heavy atom. The van der Waals surface area contributed by atoms with Crippen molar-refractivity contribution in [2.75, 3.05) is 20.3 Å². The van der Waals surface area contributed by atoms with E-state index in [4.69, 9.17) is 4.74 Å². The number of methoxy groups -OCH3 is 1. The highest BCUT2D eigenvalue weighted by Crippen LogP contribution is 2.21. The summed E-state index contributed by atoms with van der Waals surface area (Å²) in [6.07, 6.45) is 0.900. The summed E-state index contributed by atoms with van der Waals surface area (Å²) in [7, 11) is 1.69. The minimum Gasteiger partial charge on any atom is -0.385 e. The Hall–Kier alpha value is -0.930. The number of benzene rings is 1. The molecule has 1 atom stereocenters. The summed E-state index contributed by atoms with van der Waals surface area (Å²) in [5.74, 6) is -0.178. The number of hydrogen-bond donors (Lipinski definition) is 1. The number of rotatable bonds is 6. The molecule has 0 saturated carbocycles. The zero-order valence-electron chi connectivity index (χ0n) is 10.2. The van der Waals surface area contributed by atoms with Gasteiger partial charge in [0.25, 0.3) is 0 Å². The fourth-order valence-electron chi connectivity index (χ4n) is 1.88. The first-order valence-electron chi connectivity index (χ1n) is 5.67. The molecule has 0 fully saturated rings. The van der Waals surface area contributed by atoms with Crippen LogP contribution >= 0.6 is 0 Å². The Balaban J connectivity index is 2.82. The molecule has 1 aromatic rings. The van der Waals surface area contributed by atoms with Crippen LogP contribution in [0.2, 0.25) is 0 Å². The second kappa shape index (κ2) is 6.61. The molecule has 0 bridgehead atoms. The van der Waals surface area contributed by atoms with Crippen LogP contribution in [0.15, 0.2) is 18.2 Å². The first kappa shape index (κ1) is 13.1. The second-order valence-corrected chi connectivity index (χ2v) is 3.89. The molecule has 2 nitrogen and oxygen atoms in total. The maximum atomic E-state index is 13.0. The molecular formula is C13H20FNO. The summed E-state index contributed by atoms with van der Waals surface area (Å²) in [6.45, 7) is 5.61.